The van der Waals surface area contributed by atoms with Crippen LogP contribution >= 0.6 is 0 Å². The lowest BCUT2D eigenvalue weighted by atomic mass is 9.96. The van der Waals surface area contributed by atoms with Gasteiger partial charge in [-0.05, 0) is 53.7 Å². The van der Waals surface area contributed by atoms with Gasteiger partial charge in [0.1, 0.15) is 0 Å². The summed E-state index contributed by atoms with van der Waals surface area (Å²) in [7, 11) is 0. The smallest absolute Gasteiger partial charge is 0.258 e. The van der Waals surface area contributed by atoms with Gasteiger partial charge in [0.15, 0.2) is 0 Å². The molecule has 1 aromatic carbocycles. The average Bonchev–Trinajstić information content (AvgIpc) is 2.82. The van der Waals surface area contributed by atoms with Crippen molar-refractivity contribution in [2.75, 3.05) is 0 Å². The molecule has 1 aromatic rings. The minimum atomic E-state index is -0.356. The Balaban J connectivity index is 1.98. The van der Waals surface area contributed by atoms with E-state index in [4.69, 9.17) is 0 Å². The molecule has 0 radical (unpaired) electrons. The van der Waals surface area contributed by atoms with Crippen LogP contribution in [0.5, 0.6) is 0 Å². The van der Waals surface area contributed by atoms with E-state index < -0.39 is 0 Å². The highest BCUT2D eigenvalue weighted by Crippen LogP contribution is 2.41. The molecule has 90 valence electrons. The van der Waals surface area contributed by atoms with Gasteiger partial charge in [0, 0.05) is 12.1 Å². The predicted octanol–water partition coefficient (Wildman–Crippen LogP) is 4.03. The Hall–Kier alpha value is -2.16. The van der Waals surface area contributed by atoms with Gasteiger partial charge in [0.25, 0.3) is 5.69 Å². The molecule has 2 aliphatic carbocycles. The molecule has 0 heterocycles. The zero-order chi connectivity index (χ0) is 12.5. The van der Waals surface area contributed by atoms with Crippen LogP contribution in [0.4, 0.5) is 5.69 Å². The van der Waals surface area contributed by atoms with Gasteiger partial charge in [0.05, 0.1) is 4.92 Å². The minimum Gasteiger partial charge on any atom is -0.258 e. The van der Waals surface area contributed by atoms with Crippen molar-refractivity contribution in [2.24, 2.45) is 0 Å². The van der Waals surface area contributed by atoms with E-state index in [9.17, 15) is 10.1 Å². The summed E-state index contributed by atoms with van der Waals surface area (Å²) in [5.74, 6) is 0. The molecular weight excluding hydrogens is 226 g/mol. The summed E-state index contributed by atoms with van der Waals surface area (Å²) in [6.07, 6.45) is 9.56. The van der Waals surface area contributed by atoms with Crippen molar-refractivity contribution < 1.29 is 4.92 Å². The van der Waals surface area contributed by atoms with Crippen molar-refractivity contribution in [3.63, 3.8) is 0 Å². The summed E-state index contributed by atoms with van der Waals surface area (Å²) >= 11 is 0. The van der Waals surface area contributed by atoms with Gasteiger partial charge in [0.2, 0.25) is 0 Å². The molecule has 2 aliphatic rings. The Bertz CT molecular complexity index is 591. The highest BCUT2D eigenvalue weighted by molar-refractivity contribution is 5.77. The van der Waals surface area contributed by atoms with Gasteiger partial charge in [-0.3, -0.25) is 10.1 Å². The van der Waals surface area contributed by atoms with Crippen LogP contribution in [-0.4, -0.2) is 4.92 Å². The van der Waals surface area contributed by atoms with Gasteiger partial charge in [-0.2, -0.15) is 0 Å². The Morgan fingerprint density at radius 3 is 2.56 bits per heavy atom. The average molecular weight is 239 g/mol. The number of rotatable bonds is 2. The SMILES string of the molecule is O=[N+]([O-])c1ccc(C2=C3CC=CC=C3CC2)cc1. The van der Waals surface area contributed by atoms with Crippen molar-refractivity contribution in [3.05, 3.63) is 69.3 Å². The Morgan fingerprint density at radius 2 is 1.83 bits per heavy atom. The molecule has 3 heteroatoms. The molecule has 0 atom stereocenters. The van der Waals surface area contributed by atoms with E-state index >= 15 is 0 Å². The maximum absolute atomic E-state index is 10.6. The molecule has 0 saturated heterocycles. The van der Waals surface area contributed by atoms with Gasteiger partial charge in [-0.15, -0.1) is 0 Å². The number of fused-ring (bicyclic) bond motifs is 1. The molecule has 0 unspecified atom stereocenters. The summed E-state index contributed by atoms with van der Waals surface area (Å²) in [5.41, 5.74) is 5.45. The first-order chi connectivity index (χ1) is 8.75. The summed E-state index contributed by atoms with van der Waals surface area (Å²) in [4.78, 5) is 10.3. The van der Waals surface area contributed by atoms with E-state index in [2.05, 4.69) is 18.2 Å². The first kappa shape index (κ1) is 11.0. The van der Waals surface area contributed by atoms with Crippen LogP contribution in [0.2, 0.25) is 0 Å². The van der Waals surface area contributed by atoms with Crippen molar-refractivity contribution in [3.8, 4) is 0 Å². The van der Waals surface area contributed by atoms with Crippen LogP contribution in [-0.2, 0) is 0 Å². The third kappa shape index (κ3) is 1.78. The molecule has 0 aromatic heterocycles. The summed E-state index contributed by atoms with van der Waals surface area (Å²) in [6.45, 7) is 0. The zero-order valence-corrected chi connectivity index (χ0v) is 9.93. The summed E-state index contributed by atoms with van der Waals surface area (Å²) in [5, 5.41) is 10.6. The van der Waals surface area contributed by atoms with Crippen LogP contribution in [0, 0.1) is 10.1 Å². The number of nitro benzene ring substituents is 1. The molecule has 0 N–H and O–H groups in total. The minimum absolute atomic E-state index is 0.154. The normalized spacial score (nSPS) is 17.7. The first-order valence-corrected chi connectivity index (χ1v) is 6.08. The Labute approximate surface area is 105 Å². The molecule has 0 amide bonds. The first-order valence-electron chi connectivity index (χ1n) is 6.08. The second kappa shape index (κ2) is 4.26. The van der Waals surface area contributed by atoms with Crippen molar-refractivity contribution in [2.45, 2.75) is 19.3 Å². The van der Waals surface area contributed by atoms with Crippen molar-refractivity contribution in [1.29, 1.82) is 0 Å². The molecular formula is C15H13NO2. The Morgan fingerprint density at radius 1 is 1.06 bits per heavy atom. The lowest BCUT2D eigenvalue weighted by Crippen LogP contribution is -1.91. The largest absolute Gasteiger partial charge is 0.269 e. The second-order valence-corrected chi connectivity index (χ2v) is 4.59. The van der Waals surface area contributed by atoms with E-state index in [1.165, 1.54) is 16.7 Å². The van der Waals surface area contributed by atoms with Crippen LogP contribution < -0.4 is 0 Å². The summed E-state index contributed by atoms with van der Waals surface area (Å²) < 4.78 is 0. The number of benzene rings is 1. The van der Waals surface area contributed by atoms with Crippen molar-refractivity contribution >= 4 is 11.3 Å². The van der Waals surface area contributed by atoms with Gasteiger partial charge in [-0.1, -0.05) is 18.2 Å². The van der Waals surface area contributed by atoms with E-state index in [0.717, 1.165) is 24.8 Å². The van der Waals surface area contributed by atoms with E-state index in [0.29, 0.717) is 0 Å². The van der Waals surface area contributed by atoms with E-state index in [1.54, 1.807) is 12.1 Å². The van der Waals surface area contributed by atoms with Gasteiger partial charge in [-0.25, -0.2) is 0 Å². The maximum Gasteiger partial charge on any atom is 0.269 e. The fraction of sp³-hybridized carbons (Fsp3) is 0.200. The fourth-order valence-corrected chi connectivity index (χ4v) is 2.67. The van der Waals surface area contributed by atoms with Crippen LogP contribution in [0.3, 0.4) is 0 Å². The molecule has 18 heavy (non-hydrogen) atoms. The fourth-order valence-electron chi connectivity index (χ4n) is 2.67. The number of allylic oxidation sites excluding steroid dienone is 6. The van der Waals surface area contributed by atoms with Gasteiger partial charge >= 0.3 is 0 Å². The maximum atomic E-state index is 10.6. The number of hydrogen-bond acceptors (Lipinski definition) is 2. The highest BCUT2D eigenvalue weighted by atomic mass is 16.6. The molecule has 0 fully saturated rings. The highest BCUT2D eigenvalue weighted by Gasteiger charge is 2.21. The molecule has 0 bridgehead atoms. The number of non-ortho nitro benzene ring substituents is 1. The third-order valence-corrected chi connectivity index (χ3v) is 3.58. The quantitative estimate of drug-likeness (QED) is 0.577. The summed E-state index contributed by atoms with van der Waals surface area (Å²) in [6, 6.07) is 6.90. The van der Waals surface area contributed by atoms with E-state index in [1.807, 2.05) is 12.1 Å². The van der Waals surface area contributed by atoms with Crippen molar-refractivity contribution in [1.82, 2.24) is 0 Å². The number of nitrogens with zero attached hydrogens (tertiary/aromatic N) is 1. The lowest BCUT2D eigenvalue weighted by Gasteiger charge is -2.09. The van der Waals surface area contributed by atoms with Crippen LogP contribution in [0.15, 0.2) is 53.6 Å². The second-order valence-electron chi connectivity index (χ2n) is 4.59. The van der Waals surface area contributed by atoms with Crippen LogP contribution in [0.25, 0.3) is 5.57 Å². The predicted molar refractivity (Wildman–Crippen MR) is 71.1 cm³/mol. The molecule has 0 spiro atoms. The number of hydrogen-bond donors (Lipinski definition) is 0. The topological polar surface area (TPSA) is 43.1 Å². The standard InChI is InChI=1S/C15H13NO2/c17-16(18)13-8-5-12(6-9-13)15-10-7-11-3-1-2-4-14(11)15/h1-3,5-6,8-9H,4,7,10H2. The molecule has 0 saturated carbocycles. The molecule has 0 aliphatic heterocycles. The van der Waals surface area contributed by atoms with E-state index in [-0.39, 0.29) is 10.6 Å². The van der Waals surface area contributed by atoms with Crippen LogP contribution in [0.1, 0.15) is 24.8 Å². The molecule has 3 nitrogen and oxygen atoms in total. The molecule has 3 rings (SSSR count). The third-order valence-electron chi connectivity index (χ3n) is 3.58. The van der Waals surface area contributed by atoms with Gasteiger partial charge < -0.3 is 0 Å². The number of nitro groups is 1. The monoisotopic (exact) mass is 239 g/mol. The zero-order valence-electron chi connectivity index (χ0n) is 9.93. The Kier molecular flexibility index (Phi) is 2.59. The lowest BCUT2D eigenvalue weighted by molar-refractivity contribution is -0.384.